The fourth-order valence-electron chi connectivity index (χ4n) is 4.11. The van der Waals surface area contributed by atoms with Crippen molar-refractivity contribution in [1.82, 2.24) is 5.32 Å². The number of carbonyl (C=O) groups excluding carboxylic acids is 1. The van der Waals surface area contributed by atoms with Crippen LogP contribution < -0.4 is 5.32 Å². The van der Waals surface area contributed by atoms with Gasteiger partial charge in [-0.1, -0.05) is 46.3 Å². The smallest absolute Gasteiger partial charge is 0.306 e. The minimum atomic E-state index is -3.02. The monoisotopic (exact) mass is 415 g/mol. The van der Waals surface area contributed by atoms with Gasteiger partial charge in [0.05, 0.1) is 0 Å². The summed E-state index contributed by atoms with van der Waals surface area (Å²) in [6.07, 6.45) is 7.09. The van der Waals surface area contributed by atoms with Crippen molar-refractivity contribution in [2.75, 3.05) is 13.1 Å². The average molecular weight is 416 g/mol. The quantitative estimate of drug-likeness (QED) is 0.199. The molecule has 1 N–H and O–H groups in total. The SMILES string of the molecule is C=C1CCCC(CCC(=O)OC(C(C)C)C(F)(F)C(C)CCCNCCCC)C1. The van der Waals surface area contributed by atoms with Gasteiger partial charge in [-0.15, -0.1) is 0 Å². The van der Waals surface area contributed by atoms with Crippen molar-refractivity contribution < 1.29 is 18.3 Å². The number of hydrogen-bond acceptors (Lipinski definition) is 3. The first-order valence-electron chi connectivity index (χ1n) is 11.6. The predicted octanol–water partition coefficient (Wildman–Crippen LogP) is 6.52. The van der Waals surface area contributed by atoms with Gasteiger partial charge < -0.3 is 10.1 Å². The van der Waals surface area contributed by atoms with Crippen LogP contribution in [0.5, 0.6) is 0 Å². The molecule has 0 radical (unpaired) electrons. The topological polar surface area (TPSA) is 38.3 Å². The van der Waals surface area contributed by atoms with Crippen molar-refractivity contribution in [3.05, 3.63) is 12.2 Å². The van der Waals surface area contributed by atoms with Gasteiger partial charge in [-0.05, 0) is 76.3 Å². The van der Waals surface area contributed by atoms with Crippen LogP contribution in [-0.4, -0.2) is 31.1 Å². The number of nitrogens with one attached hydrogen (secondary N) is 1. The molecule has 1 aliphatic carbocycles. The maximum atomic E-state index is 15.1. The van der Waals surface area contributed by atoms with Gasteiger partial charge in [0.25, 0.3) is 5.92 Å². The summed E-state index contributed by atoms with van der Waals surface area (Å²) < 4.78 is 35.5. The first kappa shape index (κ1) is 26.1. The summed E-state index contributed by atoms with van der Waals surface area (Å²) >= 11 is 0. The molecule has 5 heteroatoms. The maximum Gasteiger partial charge on any atom is 0.306 e. The molecule has 1 saturated carbocycles. The van der Waals surface area contributed by atoms with E-state index in [0.717, 1.165) is 51.6 Å². The highest BCUT2D eigenvalue weighted by Crippen LogP contribution is 2.37. The predicted molar refractivity (Wildman–Crippen MR) is 116 cm³/mol. The molecule has 3 unspecified atom stereocenters. The van der Waals surface area contributed by atoms with E-state index in [1.54, 1.807) is 20.8 Å². The molecule has 0 spiro atoms. The zero-order chi connectivity index (χ0) is 21.9. The molecule has 0 aromatic rings. The molecule has 3 atom stereocenters. The highest BCUT2D eigenvalue weighted by Gasteiger charge is 2.48. The summed E-state index contributed by atoms with van der Waals surface area (Å²) in [5, 5.41) is 3.29. The van der Waals surface area contributed by atoms with Crippen molar-refractivity contribution in [3.63, 3.8) is 0 Å². The zero-order valence-corrected chi connectivity index (χ0v) is 19.1. The Kier molecular flexibility index (Phi) is 12.0. The third-order valence-corrected chi connectivity index (χ3v) is 6.07. The maximum absolute atomic E-state index is 15.1. The average Bonchev–Trinajstić information content (AvgIpc) is 2.66. The lowest BCUT2D eigenvalue weighted by molar-refractivity contribution is -0.195. The van der Waals surface area contributed by atoms with Crippen molar-refractivity contribution in [2.45, 2.75) is 104 Å². The van der Waals surface area contributed by atoms with E-state index in [1.807, 2.05) is 0 Å². The van der Waals surface area contributed by atoms with Gasteiger partial charge in [-0.2, -0.15) is 0 Å². The molecule has 0 amide bonds. The first-order valence-corrected chi connectivity index (χ1v) is 11.6. The van der Waals surface area contributed by atoms with E-state index in [4.69, 9.17) is 4.74 Å². The minimum absolute atomic E-state index is 0.215. The van der Waals surface area contributed by atoms with Crippen molar-refractivity contribution in [1.29, 1.82) is 0 Å². The molecule has 170 valence electrons. The Bertz CT molecular complexity index is 493. The van der Waals surface area contributed by atoms with Gasteiger partial charge in [-0.25, -0.2) is 8.78 Å². The molecule has 0 aromatic heterocycles. The number of esters is 1. The van der Waals surface area contributed by atoms with E-state index in [2.05, 4.69) is 18.8 Å². The van der Waals surface area contributed by atoms with E-state index in [1.165, 1.54) is 5.57 Å². The van der Waals surface area contributed by atoms with E-state index >= 15 is 8.78 Å². The molecule has 0 heterocycles. The molecule has 1 aliphatic rings. The number of ether oxygens (including phenoxy) is 1. The molecule has 0 bridgehead atoms. The molecule has 3 nitrogen and oxygen atoms in total. The van der Waals surface area contributed by atoms with Gasteiger partial charge in [0.2, 0.25) is 0 Å². The van der Waals surface area contributed by atoms with E-state index in [-0.39, 0.29) is 6.42 Å². The normalized spacial score (nSPS) is 20.0. The summed E-state index contributed by atoms with van der Waals surface area (Å²) in [7, 11) is 0. The molecule has 1 fully saturated rings. The lowest BCUT2D eigenvalue weighted by atomic mass is 9.83. The third-order valence-electron chi connectivity index (χ3n) is 6.07. The number of rotatable bonds is 14. The fraction of sp³-hybridized carbons (Fsp3) is 0.875. The van der Waals surface area contributed by atoms with Crippen LogP contribution in [0.15, 0.2) is 12.2 Å². The molecule has 1 rings (SSSR count). The van der Waals surface area contributed by atoms with Crippen LogP contribution in [0.1, 0.15) is 91.9 Å². The summed E-state index contributed by atoms with van der Waals surface area (Å²) in [5.74, 6) is -4.33. The summed E-state index contributed by atoms with van der Waals surface area (Å²) in [6.45, 7) is 12.8. The molecule has 0 aromatic carbocycles. The van der Waals surface area contributed by atoms with Crippen molar-refractivity contribution in [2.24, 2.45) is 17.8 Å². The van der Waals surface area contributed by atoms with Crippen LogP contribution >= 0.6 is 0 Å². The van der Waals surface area contributed by atoms with Gasteiger partial charge >= 0.3 is 5.97 Å². The van der Waals surface area contributed by atoms with Gasteiger partial charge in [-0.3, -0.25) is 4.79 Å². The van der Waals surface area contributed by atoms with Crippen LogP contribution in [0.3, 0.4) is 0 Å². The standard InChI is InChI=1S/C24H43F2NO2/c1-6-7-15-27-16-9-11-20(5)24(25,26)23(18(2)3)29-22(28)14-13-21-12-8-10-19(4)17-21/h18,20-21,23,27H,4,6-17H2,1-3,5H3. The van der Waals surface area contributed by atoms with Gasteiger partial charge in [0.15, 0.2) is 6.10 Å². The number of alkyl halides is 2. The van der Waals surface area contributed by atoms with E-state index in [0.29, 0.717) is 25.2 Å². The number of allylic oxidation sites excluding steroid dienone is 1. The fourth-order valence-corrected chi connectivity index (χ4v) is 4.11. The van der Waals surface area contributed by atoms with Crippen molar-refractivity contribution >= 4 is 5.97 Å². The molecular weight excluding hydrogens is 372 g/mol. The van der Waals surface area contributed by atoms with Crippen LogP contribution in [-0.2, 0) is 9.53 Å². The Hall–Kier alpha value is -0.970. The minimum Gasteiger partial charge on any atom is -0.456 e. The second-order valence-corrected chi connectivity index (χ2v) is 9.23. The third kappa shape index (κ3) is 9.59. The number of carbonyl (C=O) groups is 1. The highest BCUT2D eigenvalue weighted by atomic mass is 19.3. The van der Waals surface area contributed by atoms with Crippen LogP contribution in [0.25, 0.3) is 0 Å². The van der Waals surface area contributed by atoms with Crippen molar-refractivity contribution in [3.8, 4) is 0 Å². The lowest BCUT2D eigenvalue weighted by Crippen LogP contribution is -2.46. The first-order chi connectivity index (χ1) is 13.7. The molecular formula is C24H43F2NO2. The van der Waals surface area contributed by atoms with Crippen LogP contribution in [0.2, 0.25) is 0 Å². The Morgan fingerprint density at radius 1 is 1.28 bits per heavy atom. The molecule has 29 heavy (non-hydrogen) atoms. The zero-order valence-electron chi connectivity index (χ0n) is 19.1. The number of halogens is 2. The highest BCUT2D eigenvalue weighted by molar-refractivity contribution is 5.69. The Morgan fingerprint density at radius 2 is 1.97 bits per heavy atom. The summed E-state index contributed by atoms with van der Waals surface area (Å²) in [5.41, 5.74) is 1.24. The second kappa shape index (κ2) is 13.4. The van der Waals surface area contributed by atoms with E-state index in [9.17, 15) is 4.79 Å². The van der Waals surface area contributed by atoms with Crippen LogP contribution in [0.4, 0.5) is 8.78 Å². The summed E-state index contributed by atoms with van der Waals surface area (Å²) in [6, 6.07) is 0. The van der Waals surface area contributed by atoms with Gasteiger partial charge in [0, 0.05) is 12.3 Å². The van der Waals surface area contributed by atoms with E-state index < -0.39 is 29.8 Å². The molecule has 0 aliphatic heterocycles. The second-order valence-electron chi connectivity index (χ2n) is 9.23. The number of hydrogen-bond donors (Lipinski definition) is 1. The van der Waals surface area contributed by atoms with Crippen LogP contribution in [0, 0.1) is 17.8 Å². The number of unbranched alkanes of at least 4 members (excludes halogenated alkanes) is 1. The largest absolute Gasteiger partial charge is 0.456 e. The Balaban J connectivity index is 2.48. The Morgan fingerprint density at radius 3 is 2.59 bits per heavy atom. The van der Waals surface area contributed by atoms with Gasteiger partial charge in [0.1, 0.15) is 0 Å². The molecule has 0 saturated heterocycles. The Labute approximate surface area is 177 Å². The lowest BCUT2D eigenvalue weighted by Gasteiger charge is -2.34. The summed E-state index contributed by atoms with van der Waals surface area (Å²) in [4.78, 5) is 12.3.